The SMILES string of the molecule is CCOc1nc(Cl)nc(N2CCC(CO)CC2)n1. The van der Waals surface area contributed by atoms with Crippen LogP contribution >= 0.6 is 11.6 Å². The Balaban J connectivity index is 2.08. The molecule has 0 amide bonds. The molecule has 1 saturated heterocycles. The molecule has 1 aliphatic heterocycles. The zero-order valence-electron chi connectivity index (χ0n) is 10.3. The van der Waals surface area contributed by atoms with Crippen molar-refractivity contribution < 1.29 is 9.84 Å². The van der Waals surface area contributed by atoms with Gasteiger partial charge < -0.3 is 14.7 Å². The summed E-state index contributed by atoms with van der Waals surface area (Å²) in [6.45, 7) is 4.24. The van der Waals surface area contributed by atoms with Gasteiger partial charge in [0, 0.05) is 19.7 Å². The Morgan fingerprint density at radius 1 is 1.33 bits per heavy atom. The van der Waals surface area contributed by atoms with E-state index in [2.05, 4.69) is 15.0 Å². The van der Waals surface area contributed by atoms with E-state index in [9.17, 15) is 0 Å². The van der Waals surface area contributed by atoms with Crippen LogP contribution in [-0.2, 0) is 0 Å². The number of piperidine rings is 1. The quantitative estimate of drug-likeness (QED) is 0.886. The Labute approximate surface area is 111 Å². The lowest BCUT2D eigenvalue weighted by molar-refractivity contribution is 0.202. The largest absolute Gasteiger partial charge is 0.464 e. The van der Waals surface area contributed by atoms with E-state index < -0.39 is 0 Å². The number of ether oxygens (including phenoxy) is 1. The highest BCUT2D eigenvalue weighted by Crippen LogP contribution is 2.22. The third-order valence-electron chi connectivity index (χ3n) is 3.00. The van der Waals surface area contributed by atoms with Gasteiger partial charge in [-0.25, -0.2) is 0 Å². The fourth-order valence-corrected chi connectivity index (χ4v) is 2.12. The van der Waals surface area contributed by atoms with E-state index in [1.807, 2.05) is 11.8 Å². The van der Waals surface area contributed by atoms with Crippen molar-refractivity contribution in [3.63, 3.8) is 0 Å². The molecule has 1 aromatic heterocycles. The first kappa shape index (κ1) is 13.3. The second-order valence-electron chi connectivity index (χ2n) is 4.23. The maximum Gasteiger partial charge on any atom is 0.322 e. The summed E-state index contributed by atoms with van der Waals surface area (Å²) in [4.78, 5) is 14.3. The van der Waals surface area contributed by atoms with Crippen LogP contribution in [0.4, 0.5) is 5.95 Å². The molecule has 18 heavy (non-hydrogen) atoms. The highest BCUT2D eigenvalue weighted by molar-refractivity contribution is 6.28. The zero-order chi connectivity index (χ0) is 13.0. The maximum atomic E-state index is 9.11. The Hall–Kier alpha value is -1.14. The van der Waals surface area contributed by atoms with Crippen molar-refractivity contribution in [3.8, 4) is 6.01 Å². The molecule has 100 valence electrons. The predicted octanol–water partition coefficient (Wildman–Crippen LogP) is 1.13. The molecule has 0 radical (unpaired) electrons. The van der Waals surface area contributed by atoms with Gasteiger partial charge >= 0.3 is 6.01 Å². The minimum atomic E-state index is 0.146. The molecule has 1 fully saturated rings. The van der Waals surface area contributed by atoms with Gasteiger partial charge in [-0.15, -0.1) is 0 Å². The summed E-state index contributed by atoms with van der Waals surface area (Å²) in [5, 5.41) is 9.25. The Bertz CT molecular complexity index is 397. The highest BCUT2D eigenvalue weighted by Gasteiger charge is 2.21. The third kappa shape index (κ3) is 3.20. The number of hydrogen-bond donors (Lipinski definition) is 1. The van der Waals surface area contributed by atoms with E-state index in [0.717, 1.165) is 25.9 Å². The molecule has 0 saturated carbocycles. The number of rotatable bonds is 4. The number of aromatic nitrogens is 3. The van der Waals surface area contributed by atoms with E-state index in [1.165, 1.54) is 0 Å². The second kappa shape index (κ2) is 6.15. The summed E-state index contributed by atoms with van der Waals surface area (Å²) in [7, 11) is 0. The summed E-state index contributed by atoms with van der Waals surface area (Å²) in [5.74, 6) is 0.930. The molecule has 7 heteroatoms. The maximum absolute atomic E-state index is 9.11. The van der Waals surface area contributed by atoms with Gasteiger partial charge in [0.05, 0.1) is 6.61 Å². The lowest BCUT2D eigenvalue weighted by atomic mass is 9.98. The van der Waals surface area contributed by atoms with Crippen LogP contribution in [-0.4, -0.2) is 46.4 Å². The van der Waals surface area contributed by atoms with Crippen molar-refractivity contribution in [2.45, 2.75) is 19.8 Å². The van der Waals surface area contributed by atoms with Crippen LogP contribution in [0.5, 0.6) is 6.01 Å². The summed E-state index contributed by atoms with van der Waals surface area (Å²) < 4.78 is 5.25. The molecule has 2 heterocycles. The smallest absolute Gasteiger partial charge is 0.322 e. The van der Waals surface area contributed by atoms with Crippen molar-refractivity contribution >= 4 is 17.5 Å². The second-order valence-corrected chi connectivity index (χ2v) is 4.57. The van der Waals surface area contributed by atoms with Crippen LogP contribution in [0.25, 0.3) is 0 Å². The Kier molecular flexibility index (Phi) is 4.54. The van der Waals surface area contributed by atoms with Crippen molar-refractivity contribution in [1.29, 1.82) is 0 Å². The first-order valence-electron chi connectivity index (χ1n) is 6.13. The summed E-state index contributed by atoms with van der Waals surface area (Å²) in [6.07, 6.45) is 1.87. The van der Waals surface area contributed by atoms with Gasteiger partial charge in [-0.3, -0.25) is 0 Å². The van der Waals surface area contributed by atoms with Gasteiger partial charge in [-0.2, -0.15) is 15.0 Å². The minimum Gasteiger partial charge on any atom is -0.464 e. The lowest BCUT2D eigenvalue weighted by Crippen LogP contribution is -2.36. The van der Waals surface area contributed by atoms with Crippen LogP contribution in [0.15, 0.2) is 0 Å². The average Bonchev–Trinajstić information content (AvgIpc) is 2.38. The Morgan fingerprint density at radius 3 is 2.67 bits per heavy atom. The van der Waals surface area contributed by atoms with Crippen LogP contribution < -0.4 is 9.64 Å². The molecule has 0 atom stereocenters. The van der Waals surface area contributed by atoms with Crippen LogP contribution in [0.3, 0.4) is 0 Å². The fraction of sp³-hybridized carbons (Fsp3) is 0.727. The lowest BCUT2D eigenvalue weighted by Gasteiger charge is -2.30. The van der Waals surface area contributed by atoms with Crippen LogP contribution in [0.2, 0.25) is 5.28 Å². The van der Waals surface area contributed by atoms with Crippen molar-refractivity contribution in [1.82, 2.24) is 15.0 Å². The van der Waals surface area contributed by atoms with Crippen molar-refractivity contribution in [2.75, 3.05) is 31.2 Å². The number of halogens is 1. The van der Waals surface area contributed by atoms with Gasteiger partial charge in [-0.1, -0.05) is 0 Å². The number of anilines is 1. The van der Waals surface area contributed by atoms with E-state index in [1.54, 1.807) is 0 Å². The predicted molar refractivity (Wildman–Crippen MR) is 68.0 cm³/mol. The Morgan fingerprint density at radius 2 is 2.06 bits per heavy atom. The van der Waals surface area contributed by atoms with Gasteiger partial charge in [0.25, 0.3) is 0 Å². The zero-order valence-corrected chi connectivity index (χ0v) is 11.1. The van der Waals surface area contributed by atoms with Gasteiger partial charge in [-0.05, 0) is 37.3 Å². The number of aliphatic hydroxyl groups is 1. The molecule has 0 bridgehead atoms. The number of aliphatic hydroxyl groups excluding tert-OH is 1. The first-order chi connectivity index (χ1) is 8.72. The molecular formula is C11H17ClN4O2. The highest BCUT2D eigenvalue weighted by atomic mass is 35.5. The molecule has 1 aliphatic rings. The van der Waals surface area contributed by atoms with Gasteiger partial charge in [0.15, 0.2) is 0 Å². The molecule has 0 unspecified atom stereocenters. The van der Waals surface area contributed by atoms with Gasteiger partial charge in [0.1, 0.15) is 0 Å². The monoisotopic (exact) mass is 272 g/mol. The van der Waals surface area contributed by atoms with Crippen LogP contribution in [0, 0.1) is 5.92 Å². The first-order valence-corrected chi connectivity index (χ1v) is 6.51. The summed E-state index contributed by atoms with van der Waals surface area (Å²) in [5.41, 5.74) is 0. The molecule has 2 rings (SSSR count). The molecule has 0 spiro atoms. The van der Waals surface area contributed by atoms with E-state index in [4.69, 9.17) is 21.4 Å². The minimum absolute atomic E-state index is 0.146. The third-order valence-corrected chi connectivity index (χ3v) is 3.17. The molecule has 1 aromatic rings. The van der Waals surface area contributed by atoms with Crippen molar-refractivity contribution in [2.24, 2.45) is 5.92 Å². The van der Waals surface area contributed by atoms with Crippen LogP contribution in [0.1, 0.15) is 19.8 Å². The number of hydrogen-bond acceptors (Lipinski definition) is 6. The molecular weight excluding hydrogens is 256 g/mol. The van der Waals surface area contributed by atoms with E-state index in [-0.39, 0.29) is 17.9 Å². The average molecular weight is 273 g/mol. The standard InChI is InChI=1S/C11H17ClN4O2/c1-2-18-11-14-9(12)13-10(15-11)16-5-3-8(7-17)4-6-16/h8,17H,2-7H2,1H3. The topological polar surface area (TPSA) is 71.4 Å². The van der Waals surface area contributed by atoms with Crippen molar-refractivity contribution in [3.05, 3.63) is 5.28 Å². The fourth-order valence-electron chi connectivity index (χ4n) is 1.97. The normalized spacial score (nSPS) is 16.9. The molecule has 0 aromatic carbocycles. The van der Waals surface area contributed by atoms with E-state index in [0.29, 0.717) is 18.5 Å². The molecule has 6 nitrogen and oxygen atoms in total. The summed E-state index contributed by atoms with van der Waals surface area (Å²) >= 11 is 5.85. The van der Waals surface area contributed by atoms with Gasteiger partial charge in [0.2, 0.25) is 11.2 Å². The van der Waals surface area contributed by atoms with E-state index >= 15 is 0 Å². The molecule has 1 N–H and O–H groups in total. The molecule has 0 aliphatic carbocycles. The summed E-state index contributed by atoms with van der Waals surface area (Å²) in [6, 6.07) is 0.261. The number of nitrogens with zero attached hydrogens (tertiary/aromatic N) is 4.